The summed E-state index contributed by atoms with van der Waals surface area (Å²) in [7, 11) is 0. The Hall–Kier alpha value is -3.81. The van der Waals surface area contributed by atoms with Gasteiger partial charge in [0, 0.05) is 24.4 Å². The van der Waals surface area contributed by atoms with Crippen molar-refractivity contribution in [2.24, 2.45) is 0 Å². The predicted molar refractivity (Wildman–Crippen MR) is 135 cm³/mol. The molecule has 0 atom stereocenters. The van der Waals surface area contributed by atoms with Crippen LogP contribution in [0.2, 0.25) is 0 Å². The first-order chi connectivity index (χ1) is 16.9. The minimum atomic E-state index is -3.26. The van der Waals surface area contributed by atoms with E-state index in [1.807, 2.05) is 24.3 Å². The number of esters is 1. The van der Waals surface area contributed by atoms with E-state index in [0.29, 0.717) is 35.5 Å². The molecule has 3 aromatic carbocycles. The largest absolute Gasteiger partial charge is 0.478 e. The third-order valence-corrected chi connectivity index (χ3v) is 4.98. The number of benzene rings is 3. The quantitative estimate of drug-likeness (QED) is 0.292. The zero-order valence-corrected chi connectivity index (χ0v) is 21.1. The molecular formula is C28H31F2NO5. The van der Waals surface area contributed by atoms with Crippen LogP contribution in [0.15, 0.2) is 66.7 Å². The van der Waals surface area contributed by atoms with Crippen LogP contribution in [-0.4, -0.2) is 25.3 Å². The third kappa shape index (κ3) is 8.15. The molecule has 192 valence electrons. The molecule has 0 aliphatic carbocycles. The molecule has 1 N–H and O–H groups in total. The van der Waals surface area contributed by atoms with Crippen LogP contribution < -0.4 is 19.5 Å². The molecule has 0 unspecified atom stereocenters. The standard InChI is InChI=1S/C28H31F2NO5/c1-6-33-26(32)18-34-24-16-11-21(31-20-9-14-23(15-10-20)36-28(5,29)30)17-25(24)35-22-12-7-19(8-13-22)27(2,3)4/h7-17,31H,6,18H2,1-5H3. The Bertz CT molecular complexity index is 1150. The van der Waals surface area contributed by atoms with Gasteiger partial charge in [0.15, 0.2) is 18.1 Å². The Morgan fingerprint density at radius 2 is 1.44 bits per heavy atom. The van der Waals surface area contributed by atoms with Crippen molar-refractivity contribution in [3.8, 4) is 23.0 Å². The average Bonchev–Trinajstić information content (AvgIpc) is 2.79. The van der Waals surface area contributed by atoms with Crippen molar-refractivity contribution in [1.29, 1.82) is 0 Å². The number of hydrogen-bond acceptors (Lipinski definition) is 6. The molecule has 0 saturated carbocycles. The number of carbonyl (C=O) groups excluding carboxylic acids is 1. The second-order valence-corrected chi connectivity index (χ2v) is 9.19. The molecular weight excluding hydrogens is 468 g/mol. The number of rotatable bonds is 10. The van der Waals surface area contributed by atoms with Crippen molar-refractivity contribution in [2.75, 3.05) is 18.5 Å². The molecule has 0 bridgehead atoms. The van der Waals surface area contributed by atoms with E-state index < -0.39 is 12.1 Å². The number of alkyl halides is 2. The smallest absolute Gasteiger partial charge is 0.394 e. The van der Waals surface area contributed by atoms with Crippen LogP contribution in [0.25, 0.3) is 0 Å². The SMILES string of the molecule is CCOC(=O)COc1ccc(Nc2ccc(OC(C)(F)F)cc2)cc1Oc1ccc(C(C)(C)C)cc1. The first-order valence-electron chi connectivity index (χ1n) is 11.6. The second-order valence-electron chi connectivity index (χ2n) is 9.19. The average molecular weight is 500 g/mol. The summed E-state index contributed by atoms with van der Waals surface area (Å²) in [5.41, 5.74) is 2.48. The van der Waals surface area contributed by atoms with Crippen molar-refractivity contribution in [3.63, 3.8) is 0 Å². The highest BCUT2D eigenvalue weighted by atomic mass is 19.3. The van der Waals surface area contributed by atoms with Crippen molar-refractivity contribution >= 4 is 17.3 Å². The summed E-state index contributed by atoms with van der Waals surface area (Å²) in [5, 5.41) is 3.19. The van der Waals surface area contributed by atoms with Crippen LogP contribution in [0.3, 0.4) is 0 Å². The van der Waals surface area contributed by atoms with Gasteiger partial charge in [-0.1, -0.05) is 32.9 Å². The van der Waals surface area contributed by atoms with Crippen LogP contribution in [0, 0.1) is 0 Å². The Balaban J connectivity index is 1.81. The molecule has 3 rings (SSSR count). The molecule has 0 amide bonds. The maximum absolute atomic E-state index is 13.1. The van der Waals surface area contributed by atoms with Gasteiger partial charge in [0.25, 0.3) is 0 Å². The first-order valence-corrected chi connectivity index (χ1v) is 11.6. The molecule has 0 fully saturated rings. The Kier molecular flexibility index (Phi) is 8.40. The van der Waals surface area contributed by atoms with Crippen LogP contribution in [0.1, 0.15) is 40.2 Å². The van der Waals surface area contributed by atoms with Gasteiger partial charge in [0.05, 0.1) is 6.61 Å². The van der Waals surface area contributed by atoms with Gasteiger partial charge in [-0.3, -0.25) is 0 Å². The number of halogens is 2. The lowest BCUT2D eigenvalue weighted by Crippen LogP contribution is -2.18. The van der Waals surface area contributed by atoms with E-state index in [1.165, 1.54) is 12.1 Å². The normalized spacial score (nSPS) is 11.5. The van der Waals surface area contributed by atoms with Gasteiger partial charge in [-0.15, -0.1) is 0 Å². The summed E-state index contributed by atoms with van der Waals surface area (Å²) in [4.78, 5) is 11.8. The number of ether oxygens (including phenoxy) is 4. The fraction of sp³-hybridized carbons (Fsp3) is 0.321. The van der Waals surface area contributed by atoms with E-state index >= 15 is 0 Å². The molecule has 0 aliphatic heterocycles. The van der Waals surface area contributed by atoms with E-state index in [4.69, 9.17) is 14.2 Å². The first kappa shape index (κ1) is 26.8. The molecule has 3 aromatic rings. The molecule has 0 radical (unpaired) electrons. The summed E-state index contributed by atoms with van der Waals surface area (Å²) in [6.07, 6.45) is -3.26. The lowest BCUT2D eigenvalue weighted by atomic mass is 9.87. The monoisotopic (exact) mass is 499 g/mol. The summed E-state index contributed by atoms with van der Waals surface area (Å²) < 4.78 is 47.4. The van der Waals surface area contributed by atoms with Crippen LogP contribution >= 0.6 is 0 Å². The lowest BCUT2D eigenvalue weighted by Gasteiger charge is -2.19. The molecule has 0 aromatic heterocycles. The molecule has 36 heavy (non-hydrogen) atoms. The maximum atomic E-state index is 13.1. The number of nitrogens with one attached hydrogen (secondary N) is 1. The molecule has 0 saturated heterocycles. The van der Waals surface area contributed by atoms with Crippen molar-refractivity contribution in [3.05, 3.63) is 72.3 Å². The zero-order chi connectivity index (χ0) is 26.3. The van der Waals surface area contributed by atoms with Gasteiger partial charge >= 0.3 is 12.1 Å². The van der Waals surface area contributed by atoms with Crippen LogP contribution in [-0.2, 0) is 14.9 Å². The van der Waals surface area contributed by atoms with Gasteiger partial charge in [-0.2, -0.15) is 8.78 Å². The number of anilines is 2. The van der Waals surface area contributed by atoms with E-state index in [9.17, 15) is 13.6 Å². The van der Waals surface area contributed by atoms with Gasteiger partial charge in [0.2, 0.25) is 0 Å². The molecule has 8 heteroatoms. The summed E-state index contributed by atoms with van der Waals surface area (Å²) in [6.45, 7) is 8.80. The van der Waals surface area contributed by atoms with Crippen LogP contribution in [0.4, 0.5) is 20.2 Å². The van der Waals surface area contributed by atoms with Crippen LogP contribution in [0.5, 0.6) is 23.0 Å². The minimum absolute atomic E-state index is 0.00386. The fourth-order valence-electron chi connectivity index (χ4n) is 3.25. The topological polar surface area (TPSA) is 66.0 Å². The van der Waals surface area contributed by atoms with Gasteiger partial charge in [0.1, 0.15) is 11.5 Å². The Morgan fingerprint density at radius 3 is 2.03 bits per heavy atom. The molecule has 0 heterocycles. The number of hydrogen-bond donors (Lipinski definition) is 1. The summed E-state index contributed by atoms with van der Waals surface area (Å²) in [5.74, 6) is 0.919. The van der Waals surface area contributed by atoms with E-state index in [-0.39, 0.29) is 24.4 Å². The Labute approximate surface area is 210 Å². The van der Waals surface area contributed by atoms with Crippen molar-refractivity contribution in [2.45, 2.75) is 46.1 Å². The third-order valence-electron chi connectivity index (χ3n) is 4.98. The van der Waals surface area contributed by atoms with Gasteiger partial charge in [-0.25, -0.2) is 4.79 Å². The second kappa shape index (κ2) is 11.3. The fourth-order valence-corrected chi connectivity index (χ4v) is 3.25. The highest BCUT2D eigenvalue weighted by molar-refractivity contribution is 5.71. The van der Waals surface area contributed by atoms with E-state index in [1.54, 1.807) is 37.3 Å². The highest BCUT2D eigenvalue weighted by Gasteiger charge is 2.23. The summed E-state index contributed by atoms with van der Waals surface area (Å²) in [6, 6.07) is 19.0. The van der Waals surface area contributed by atoms with E-state index in [0.717, 1.165) is 5.56 Å². The highest BCUT2D eigenvalue weighted by Crippen LogP contribution is 2.36. The lowest BCUT2D eigenvalue weighted by molar-refractivity contribution is -0.159. The van der Waals surface area contributed by atoms with Crippen molar-refractivity contribution < 1.29 is 32.5 Å². The van der Waals surface area contributed by atoms with Gasteiger partial charge in [-0.05, 0) is 66.4 Å². The van der Waals surface area contributed by atoms with Crippen molar-refractivity contribution in [1.82, 2.24) is 0 Å². The zero-order valence-electron chi connectivity index (χ0n) is 21.1. The predicted octanol–water partition coefficient (Wildman–Crippen LogP) is 7.45. The molecule has 0 aliphatic rings. The molecule has 6 nitrogen and oxygen atoms in total. The Morgan fingerprint density at radius 1 is 0.833 bits per heavy atom. The molecule has 0 spiro atoms. The number of carbonyl (C=O) groups is 1. The van der Waals surface area contributed by atoms with E-state index in [2.05, 4.69) is 30.8 Å². The maximum Gasteiger partial charge on any atom is 0.394 e. The minimum Gasteiger partial charge on any atom is -0.478 e. The summed E-state index contributed by atoms with van der Waals surface area (Å²) >= 11 is 0. The van der Waals surface area contributed by atoms with Gasteiger partial charge < -0.3 is 24.3 Å².